The average Bonchev–Trinajstić information content (AvgIpc) is 2.96. The molecule has 0 saturated heterocycles. The van der Waals surface area contributed by atoms with Gasteiger partial charge >= 0.3 is 0 Å². The Morgan fingerprint density at radius 3 is 2.75 bits per heavy atom. The van der Waals surface area contributed by atoms with Crippen molar-refractivity contribution in [3.63, 3.8) is 0 Å². The van der Waals surface area contributed by atoms with Crippen molar-refractivity contribution in [3.8, 4) is 5.75 Å². The van der Waals surface area contributed by atoms with Crippen LogP contribution in [0.25, 0.3) is 10.9 Å². The summed E-state index contributed by atoms with van der Waals surface area (Å²) < 4.78 is 7.00. The molecule has 2 N–H and O–H groups in total. The molecule has 0 saturated carbocycles. The number of para-hydroxylation sites is 1. The minimum absolute atomic E-state index is 0.132. The van der Waals surface area contributed by atoms with Crippen LogP contribution in [0.3, 0.4) is 0 Å². The van der Waals surface area contributed by atoms with E-state index < -0.39 is 6.10 Å². The normalized spacial score (nSPS) is 12.1. The first-order valence-corrected chi connectivity index (χ1v) is 7.75. The van der Waals surface area contributed by atoms with Gasteiger partial charge < -0.3 is 19.7 Å². The van der Waals surface area contributed by atoms with Crippen molar-refractivity contribution in [1.29, 1.82) is 0 Å². The summed E-state index contributed by atoms with van der Waals surface area (Å²) in [6, 6.07) is 16.8. The number of carbonyl (C=O) groups is 1. The van der Waals surface area contributed by atoms with E-state index in [4.69, 9.17) is 4.74 Å². The number of benzene rings is 2. The van der Waals surface area contributed by atoms with Gasteiger partial charge in [-0.15, -0.1) is 0 Å². The molecule has 1 atom stereocenters. The number of aliphatic hydroxyl groups is 1. The van der Waals surface area contributed by atoms with E-state index in [0.717, 1.165) is 10.9 Å². The van der Waals surface area contributed by atoms with E-state index >= 15 is 0 Å². The van der Waals surface area contributed by atoms with Gasteiger partial charge in [0.15, 0.2) is 0 Å². The number of amides is 1. The lowest BCUT2D eigenvalue weighted by molar-refractivity contribution is 0.0908. The smallest absolute Gasteiger partial charge is 0.268 e. The molecule has 1 aromatic heterocycles. The molecule has 5 nitrogen and oxygen atoms in total. The highest BCUT2D eigenvalue weighted by atomic mass is 16.5. The molecule has 3 aromatic rings. The maximum Gasteiger partial charge on any atom is 0.268 e. The van der Waals surface area contributed by atoms with E-state index in [1.807, 2.05) is 54.1 Å². The Bertz CT molecular complexity index is 870. The Kier molecular flexibility index (Phi) is 4.53. The van der Waals surface area contributed by atoms with Crippen LogP contribution >= 0.6 is 0 Å². The quantitative estimate of drug-likeness (QED) is 0.758. The van der Waals surface area contributed by atoms with Gasteiger partial charge in [0.2, 0.25) is 0 Å². The lowest BCUT2D eigenvalue weighted by atomic mass is 10.1. The van der Waals surface area contributed by atoms with Gasteiger partial charge in [0.1, 0.15) is 11.4 Å². The number of nitrogens with zero attached hydrogens (tertiary/aromatic N) is 1. The van der Waals surface area contributed by atoms with Crippen molar-refractivity contribution in [2.75, 3.05) is 13.7 Å². The second kappa shape index (κ2) is 6.76. The third-order valence-corrected chi connectivity index (χ3v) is 4.12. The second-order valence-electron chi connectivity index (χ2n) is 5.65. The lowest BCUT2D eigenvalue weighted by Gasteiger charge is -2.13. The number of carbonyl (C=O) groups excluding carboxylic acids is 1. The number of hydrogen-bond donors (Lipinski definition) is 2. The minimum Gasteiger partial charge on any atom is -0.497 e. The van der Waals surface area contributed by atoms with Crippen molar-refractivity contribution in [3.05, 3.63) is 65.9 Å². The van der Waals surface area contributed by atoms with E-state index in [2.05, 4.69) is 5.32 Å². The second-order valence-corrected chi connectivity index (χ2v) is 5.65. The molecule has 0 aliphatic heterocycles. The monoisotopic (exact) mass is 324 g/mol. The largest absolute Gasteiger partial charge is 0.497 e. The van der Waals surface area contributed by atoms with Crippen LogP contribution in [-0.4, -0.2) is 29.2 Å². The van der Waals surface area contributed by atoms with Crippen LogP contribution in [0.1, 0.15) is 22.2 Å². The minimum atomic E-state index is -0.793. The number of aromatic nitrogens is 1. The summed E-state index contributed by atoms with van der Waals surface area (Å²) >= 11 is 0. The molecule has 0 radical (unpaired) electrons. The third-order valence-electron chi connectivity index (χ3n) is 4.12. The van der Waals surface area contributed by atoms with E-state index in [-0.39, 0.29) is 12.5 Å². The Balaban J connectivity index is 1.71. The van der Waals surface area contributed by atoms with Crippen LogP contribution in [-0.2, 0) is 7.05 Å². The number of ether oxygens (including phenoxy) is 1. The molecule has 5 heteroatoms. The van der Waals surface area contributed by atoms with Crippen LogP contribution in [0, 0.1) is 0 Å². The standard InChI is InChI=1S/C19H20N2O3/c1-21-16-9-4-3-6-13(16)11-17(21)19(23)20-12-18(22)14-7-5-8-15(10-14)24-2/h3-11,18,22H,12H2,1-2H3,(H,20,23). The zero-order valence-electron chi connectivity index (χ0n) is 13.7. The Morgan fingerprint density at radius 1 is 1.21 bits per heavy atom. The third kappa shape index (κ3) is 3.12. The van der Waals surface area contributed by atoms with Gasteiger partial charge in [-0.1, -0.05) is 30.3 Å². The van der Waals surface area contributed by atoms with Crippen molar-refractivity contribution >= 4 is 16.8 Å². The molecule has 0 aliphatic carbocycles. The summed E-state index contributed by atoms with van der Waals surface area (Å²) in [5.41, 5.74) is 2.26. The SMILES string of the molecule is COc1cccc(C(O)CNC(=O)c2cc3ccccc3n2C)c1. The summed E-state index contributed by atoms with van der Waals surface area (Å²) in [5.74, 6) is 0.460. The number of aryl methyl sites for hydroxylation is 1. The molecular weight excluding hydrogens is 304 g/mol. The van der Waals surface area contributed by atoms with Crippen molar-refractivity contribution in [2.45, 2.75) is 6.10 Å². The fourth-order valence-corrected chi connectivity index (χ4v) is 2.75. The van der Waals surface area contributed by atoms with Crippen molar-refractivity contribution < 1.29 is 14.6 Å². The zero-order valence-corrected chi connectivity index (χ0v) is 13.7. The molecule has 0 fully saturated rings. The fourth-order valence-electron chi connectivity index (χ4n) is 2.75. The Labute approximate surface area is 140 Å². The van der Waals surface area contributed by atoms with E-state index in [0.29, 0.717) is 17.0 Å². The van der Waals surface area contributed by atoms with E-state index in [1.54, 1.807) is 19.2 Å². The van der Waals surface area contributed by atoms with Crippen molar-refractivity contribution in [2.24, 2.45) is 7.05 Å². The van der Waals surface area contributed by atoms with Gasteiger partial charge in [0, 0.05) is 24.5 Å². The van der Waals surface area contributed by atoms with Gasteiger partial charge in [-0.05, 0) is 29.8 Å². The molecule has 0 aliphatic rings. The first-order valence-electron chi connectivity index (χ1n) is 7.75. The average molecular weight is 324 g/mol. The lowest BCUT2D eigenvalue weighted by Crippen LogP contribution is -2.29. The summed E-state index contributed by atoms with van der Waals surface area (Å²) in [5, 5.41) is 14.1. The van der Waals surface area contributed by atoms with E-state index in [9.17, 15) is 9.90 Å². The predicted molar refractivity (Wildman–Crippen MR) is 93.2 cm³/mol. The summed E-state index contributed by atoms with van der Waals surface area (Å²) in [6.45, 7) is 0.132. The van der Waals surface area contributed by atoms with Crippen LogP contribution < -0.4 is 10.1 Å². The van der Waals surface area contributed by atoms with Gasteiger partial charge in [0.05, 0.1) is 13.2 Å². The zero-order chi connectivity index (χ0) is 17.1. The van der Waals surface area contributed by atoms with E-state index in [1.165, 1.54) is 0 Å². The Hall–Kier alpha value is -2.79. The first kappa shape index (κ1) is 16.1. The van der Waals surface area contributed by atoms with Gasteiger partial charge in [-0.2, -0.15) is 0 Å². The van der Waals surface area contributed by atoms with Gasteiger partial charge in [0.25, 0.3) is 5.91 Å². The highest BCUT2D eigenvalue weighted by Crippen LogP contribution is 2.20. The number of methoxy groups -OCH3 is 1. The molecule has 0 bridgehead atoms. The Morgan fingerprint density at radius 2 is 2.00 bits per heavy atom. The summed E-state index contributed by atoms with van der Waals surface area (Å²) in [4.78, 5) is 12.4. The number of nitrogens with one attached hydrogen (secondary N) is 1. The molecule has 24 heavy (non-hydrogen) atoms. The molecule has 3 rings (SSSR count). The molecule has 0 spiro atoms. The molecule has 1 unspecified atom stereocenters. The molecule has 1 heterocycles. The van der Waals surface area contributed by atoms with Crippen LogP contribution in [0.2, 0.25) is 0 Å². The number of fused-ring (bicyclic) bond motifs is 1. The number of hydrogen-bond acceptors (Lipinski definition) is 3. The highest BCUT2D eigenvalue weighted by Gasteiger charge is 2.15. The van der Waals surface area contributed by atoms with Gasteiger partial charge in [-0.25, -0.2) is 0 Å². The molecular formula is C19H20N2O3. The maximum atomic E-state index is 12.4. The van der Waals surface area contributed by atoms with Crippen LogP contribution in [0.4, 0.5) is 0 Å². The van der Waals surface area contributed by atoms with Crippen molar-refractivity contribution in [1.82, 2.24) is 9.88 Å². The summed E-state index contributed by atoms with van der Waals surface area (Å²) in [7, 11) is 3.43. The maximum absolute atomic E-state index is 12.4. The van der Waals surface area contributed by atoms with Crippen LogP contribution in [0.15, 0.2) is 54.6 Å². The summed E-state index contributed by atoms with van der Waals surface area (Å²) in [6.07, 6.45) is -0.793. The molecule has 2 aromatic carbocycles. The first-order chi connectivity index (χ1) is 11.6. The van der Waals surface area contributed by atoms with Crippen LogP contribution in [0.5, 0.6) is 5.75 Å². The fraction of sp³-hybridized carbons (Fsp3) is 0.211. The predicted octanol–water partition coefficient (Wildman–Crippen LogP) is 2.65. The highest BCUT2D eigenvalue weighted by molar-refractivity contribution is 5.98. The molecule has 1 amide bonds. The van der Waals surface area contributed by atoms with Gasteiger partial charge in [-0.3, -0.25) is 4.79 Å². The topological polar surface area (TPSA) is 63.5 Å². The number of rotatable bonds is 5. The number of aliphatic hydroxyl groups excluding tert-OH is 1. The molecule has 124 valence electrons.